The average Bonchev–Trinajstić information content (AvgIpc) is 3.44. The molecule has 2 aliphatic rings. The number of rotatable bonds is 8. The van der Waals surface area contributed by atoms with Crippen LogP contribution in [0.3, 0.4) is 0 Å². The molecule has 178 valence electrons. The quantitative estimate of drug-likeness (QED) is 0.213. The first-order valence-corrected chi connectivity index (χ1v) is 12.2. The Labute approximate surface area is 187 Å². The molecule has 0 spiro atoms. The first-order valence-electron chi connectivity index (χ1n) is 10.2. The highest BCUT2D eigenvalue weighted by Crippen LogP contribution is 2.42. The van der Waals surface area contributed by atoms with E-state index in [9.17, 15) is 24.6 Å². The maximum atomic E-state index is 11.3. The molecule has 4 rings (SSSR count). The standard InChI is InChI=1S/C17H25ClN5O8P/c18-17-21-14(20-8-3-1-2-4-8)9-5-19-23(15(9)22-17)16-13(26)12(25)10(31-16)7-30-11(6-24)32(27,28)29/h5,8,10-13,16,24-26H,1-4,6-7H2,(H,20,21,22)(H2,27,28,29)/t10-,11?,12-,13-,16-/m1/s1. The Hall–Kier alpha value is -1.41. The van der Waals surface area contributed by atoms with Crippen LogP contribution in [-0.2, 0) is 14.0 Å². The molecular formula is C17H25ClN5O8P. The predicted octanol–water partition coefficient (Wildman–Crippen LogP) is -0.0339. The predicted molar refractivity (Wildman–Crippen MR) is 111 cm³/mol. The highest BCUT2D eigenvalue weighted by molar-refractivity contribution is 7.52. The molecule has 2 aromatic heterocycles. The molecule has 2 aromatic rings. The number of aromatic nitrogens is 4. The molecule has 0 radical (unpaired) electrons. The topological polar surface area (TPSA) is 192 Å². The van der Waals surface area contributed by atoms with E-state index in [4.69, 9.17) is 26.2 Å². The second-order valence-corrected chi connectivity index (χ2v) is 9.99. The maximum absolute atomic E-state index is 11.3. The van der Waals surface area contributed by atoms with Crippen molar-refractivity contribution in [2.45, 2.75) is 62.1 Å². The van der Waals surface area contributed by atoms with Gasteiger partial charge in [0, 0.05) is 6.04 Å². The Morgan fingerprint density at radius 1 is 1.28 bits per heavy atom. The van der Waals surface area contributed by atoms with Crippen molar-refractivity contribution in [3.05, 3.63) is 11.5 Å². The molecule has 3 heterocycles. The van der Waals surface area contributed by atoms with Gasteiger partial charge in [0.2, 0.25) is 5.28 Å². The zero-order chi connectivity index (χ0) is 23.0. The van der Waals surface area contributed by atoms with Crippen LogP contribution in [0.2, 0.25) is 5.28 Å². The fraction of sp³-hybridized carbons (Fsp3) is 0.706. The minimum Gasteiger partial charge on any atom is -0.393 e. The molecular weight excluding hydrogens is 469 g/mol. The van der Waals surface area contributed by atoms with E-state index >= 15 is 0 Å². The molecule has 1 aliphatic heterocycles. The van der Waals surface area contributed by atoms with Gasteiger partial charge in [-0.3, -0.25) is 4.57 Å². The second kappa shape index (κ2) is 9.45. The van der Waals surface area contributed by atoms with Gasteiger partial charge >= 0.3 is 7.60 Å². The van der Waals surface area contributed by atoms with Crippen LogP contribution in [0, 0.1) is 0 Å². The zero-order valence-electron chi connectivity index (χ0n) is 16.9. The van der Waals surface area contributed by atoms with E-state index in [0.29, 0.717) is 11.2 Å². The van der Waals surface area contributed by atoms with Gasteiger partial charge in [-0.2, -0.15) is 15.1 Å². The summed E-state index contributed by atoms with van der Waals surface area (Å²) in [6, 6.07) is 0.262. The Kier molecular flexibility index (Phi) is 7.01. The monoisotopic (exact) mass is 493 g/mol. The number of nitrogens with one attached hydrogen (secondary N) is 1. The highest BCUT2D eigenvalue weighted by atomic mass is 35.5. The van der Waals surface area contributed by atoms with Crippen molar-refractivity contribution in [3.63, 3.8) is 0 Å². The molecule has 5 atom stereocenters. The Balaban J connectivity index is 1.54. The van der Waals surface area contributed by atoms with Gasteiger partial charge in [-0.15, -0.1) is 0 Å². The fourth-order valence-corrected chi connectivity index (χ4v) is 4.65. The lowest BCUT2D eigenvalue weighted by atomic mass is 10.1. The molecule has 0 bridgehead atoms. The maximum Gasteiger partial charge on any atom is 0.356 e. The number of fused-ring (bicyclic) bond motifs is 1. The molecule has 13 nitrogen and oxygen atoms in total. The van der Waals surface area contributed by atoms with Gasteiger partial charge in [0.1, 0.15) is 24.1 Å². The molecule has 15 heteroatoms. The summed E-state index contributed by atoms with van der Waals surface area (Å²) >= 11 is 6.11. The van der Waals surface area contributed by atoms with Crippen molar-refractivity contribution in [1.82, 2.24) is 19.7 Å². The molecule has 0 aromatic carbocycles. The number of aliphatic hydroxyl groups is 3. The first-order chi connectivity index (χ1) is 15.2. The second-order valence-electron chi connectivity index (χ2n) is 7.90. The summed E-state index contributed by atoms with van der Waals surface area (Å²) in [5, 5.41) is 38.1. The third kappa shape index (κ3) is 4.76. The van der Waals surface area contributed by atoms with Gasteiger partial charge in [0.25, 0.3) is 0 Å². The number of nitrogens with zero attached hydrogens (tertiary/aromatic N) is 4. The lowest BCUT2D eigenvalue weighted by Crippen LogP contribution is -2.35. The minimum absolute atomic E-state index is 0.0277. The van der Waals surface area contributed by atoms with Crippen LogP contribution >= 0.6 is 19.2 Å². The Morgan fingerprint density at radius 2 is 2.00 bits per heavy atom. The molecule has 6 N–H and O–H groups in total. The summed E-state index contributed by atoms with van der Waals surface area (Å²) in [5.74, 6) is -1.26. The number of anilines is 1. The number of halogens is 1. The van der Waals surface area contributed by atoms with E-state index < -0.39 is 51.2 Å². The van der Waals surface area contributed by atoms with Crippen LogP contribution in [0.1, 0.15) is 31.9 Å². The van der Waals surface area contributed by atoms with Crippen LogP contribution in [0.4, 0.5) is 5.82 Å². The van der Waals surface area contributed by atoms with Gasteiger partial charge in [0.05, 0.1) is 24.8 Å². The third-order valence-electron chi connectivity index (χ3n) is 5.68. The zero-order valence-corrected chi connectivity index (χ0v) is 18.5. The van der Waals surface area contributed by atoms with Gasteiger partial charge in [-0.05, 0) is 24.4 Å². The summed E-state index contributed by atoms with van der Waals surface area (Å²) in [7, 11) is -4.72. The number of ether oxygens (including phenoxy) is 2. The van der Waals surface area contributed by atoms with Crippen molar-refractivity contribution < 1.29 is 39.1 Å². The van der Waals surface area contributed by atoms with Crippen LogP contribution in [0.25, 0.3) is 11.0 Å². The summed E-state index contributed by atoms with van der Waals surface area (Å²) in [6.45, 7) is -1.40. The summed E-state index contributed by atoms with van der Waals surface area (Å²) in [6.07, 6.45) is 0.608. The van der Waals surface area contributed by atoms with Crippen molar-refractivity contribution in [1.29, 1.82) is 0 Å². The van der Waals surface area contributed by atoms with E-state index in [-0.39, 0.29) is 17.0 Å². The molecule has 2 fully saturated rings. The van der Waals surface area contributed by atoms with Gasteiger partial charge in [-0.1, -0.05) is 12.8 Å². The Morgan fingerprint density at radius 3 is 2.66 bits per heavy atom. The lowest BCUT2D eigenvalue weighted by Gasteiger charge is -2.20. The lowest BCUT2D eigenvalue weighted by molar-refractivity contribution is -0.0807. The average molecular weight is 494 g/mol. The van der Waals surface area contributed by atoms with E-state index in [2.05, 4.69) is 20.4 Å². The third-order valence-corrected chi connectivity index (χ3v) is 6.92. The van der Waals surface area contributed by atoms with E-state index in [1.807, 2.05) is 0 Å². The largest absolute Gasteiger partial charge is 0.393 e. The van der Waals surface area contributed by atoms with Crippen molar-refractivity contribution in [2.24, 2.45) is 0 Å². The minimum atomic E-state index is -4.72. The van der Waals surface area contributed by atoms with Crippen molar-refractivity contribution in [2.75, 3.05) is 18.5 Å². The SMILES string of the molecule is O=P(O)(O)C(CO)OC[C@H]1O[C@@H](n2ncc3c(NC4CCCC4)nc(Cl)nc32)[C@H](O)[C@@H]1O. The fourth-order valence-electron chi connectivity index (χ4n) is 3.99. The van der Waals surface area contributed by atoms with Gasteiger partial charge in [0.15, 0.2) is 17.7 Å². The highest BCUT2D eigenvalue weighted by Gasteiger charge is 2.46. The molecule has 1 unspecified atom stereocenters. The van der Waals surface area contributed by atoms with Crippen LogP contribution in [0.15, 0.2) is 6.20 Å². The number of hydrogen-bond donors (Lipinski definition) is 6. The van der Waals surface area contributed by atoms with E-state index in [1.165, 1.54) is 10.9 Å². The summed E-state index contributed by atoms with van der Waals surface area (Å²) < 4.78 is 23.3. The van der Waals surface area contributed by atoms with Crippen LogP contribution < -0.4 is 5.32 Å². The molecule has 32 heavy (non-hydrogen) atoms. The van der Waals surface area contributed by atoms with E-state index in [1.54, 1.807) is 0 Å². The van der Waals surface area contributed by atoms with Gasteiger partial charge < -0.3 is 39.9 Å². The smallest absolute Gasteiger partial charge is 0.356 e. The van der Waals surface area contributed by atoms with Crippen LogP contribution in [-0.4, -0.2) is 88.3 Å². The summed E-state index contributed by atoms with van der Waals surface area (Å²) in [5.41, 5.74) is 0.284. The molecule has 0 amide bonds. The molecule has 1 saturated carbocycles. The normalized spacial score (nSPS) is 27.9. The van der Waals surface area contributed by atoms with Crippen molar-refractivity contribution >= 4 is 36.0 Å². The van der Waals surface area contributed by atoms with Crippen LogP contribution in [0.5, 0.6) is 0 Å². The van der Waals surface area contributed by atoms with E-state index in [0.717, 1.165) is 25.7 Å². The van der Waals surface area contributed by atoms with Gasteiger partial charge in [-0.25, -0.2) is 4.68 Å². The number of aliphatic hydroxyl groups excluding tert-OH is 3. The summed E-state index contributed by atoms with van der Waals surface area (Å²) in [4.78, 5) is 26.8. The first kappa shape index (κ1) is 23.7. The molecule has 1 aliphatic carbocycles. The Bertz CT molecular complexity index is 999. The van der Waals surface area contributed by atoms with Crippen molar-refractivity contribution in [3.8, 4) is 0 Å². The molecule has 1 saturated heterocycles. The number of hydrogen-bond acceptors (Lipinski definition) is 10.